The summed E-state index contributed by atoms with van der Waals surface area (Å²) in [4.78, 5) is 2.57. The molecule has 0 bridgehead atoms. The van der Waals surface area contributed by atoms with Crippen molar-refractivity contribution >= 4 is 0 Å². The molecule has 112 valence electrons. The molecule has 0 spiro atoms. The first kappa shape index (κ1) is 15.5. The summed E-state index contributed by atoms with van der Waals surface area (Å²) >= 11 is 0. The van der Waals surface area contributed by atoms with Crippen LogP contribution in [0.25, 0.3) is 0 Å². The summed E-state index contributed by atoms with van der Waals surface area (Å²) in [7, 11) is 0. The number of nitrogens with zero attached hydrogens (tertiary/aromatic N) is 1. The van der Waals surface area contributed by atoms with Crippen LogP contribution in [0, 0.1) is 0 Å². The number of aliphatic hydroxyl groups excluding tert-OH is 1. The predicted molar refractivity (Wildman–Crippen MR) is 83.6 cm³/mol. The third-order valence-corrected chi connectivity index (χ3v) is 4.08. The Bertz CT molecular complexity index is 371. The summed E-state index contributed by atoms with van der Waals surface area (Å²) in [5.74, 6) is 0. The van der Waals surface area contributed by atoms with Gasteiger partial charge in [-0.05, 0) is 43.5 Å². The van der Waals surface area contributed by atoms with E-state index in [9.17, 15) is 0 Å². The van der Waals surface area contributed by atoms with Crippen LogP contribution in [0.1, 0.15) is 43.7 Å². The highest BCUT2D eigenvalue weighted by molar-refractivity contribution is 5.21. The number of aliphatic hydroxyl groups is 1. The van der Waals surface area contributed by atoms with Crippen molar-refractivity contribution in [3.8, 4) is 0 Å². The van der Waals surface area contributed by atoms with Crippen LogP contribution in [0.5, 0.6) is 0 Å². The highest BCUT2D eigenvalue weighted by atomic mass is 16.3. The molecular formula is C17H28N2O. The Morgan fingerprint density at radius 2 is 2.00 bits per heavy atom. The van der Waals surface area contributed by atoms with Gasteiger partial charge in [0.1, 0.15) is 0 Å². The van der Waals surface area contributed by atoms with Crippen LogP contribution in [-0.4, -0.2) is 35.7 Å². The molecule has 1 fully saturated rings. The van der Waals surface area contributed by atoms with E-state index in [0.717, 1.165) is 18.7 Å². The Balaban J connectivity index is 1.90. The average molecular weight is 276 g/mol. The van der Waals surface area contributed by atoms with Crippen LogP contribution in [0.2, 0.25) is 0 Å². The van der Waals surface area contributed by atoms with Gasteiger partial charge in [0.15, 0.2) is 0 Å². The van der Waals surface area contributed by atoms with E-state index in [-0.39, 0.29) is 6.61 Å². The number of nitrogens with one attached hydrogen (secondary N) is 1. The number of hydrogen-bond donors (Lipinski definition) is 2. The smallest absolute Gasteiger partial charge is 0.0681 e. The molecule has 1 unspecified atom stereocenters. The quantitative estimate of drug-likeness (QED) is 0.766. The molecule has 1 aliphatic heterocycles. The van der Waals surface area contributed by atoms with Crippen molar-refractivity contribution in [3.05, 3.63) is 35.4 Å². The van der Waals surface area contributed by atoms with Crippen molar-refractivity contribution in [2.75, 3.05) is 19.6 Å². The van der Waals surface area contributed by atoms with E-state index in [2.05, 4.69) is 29.3 Å². The molecule has 2 N–H and O–H groups in total. The van der Waals surface area contributed by atoms with Gasteiger partial charge < -0.3 is 10.4 Å². The molecule has 0 radical (unpaired) electrons. The molecule has 3 nitrogen and oxygen atoms in total. The van der Waals surface area contributed by atoms with Crippen molar-refractivity contribution in [1.29, 1.82) is 0 Å². The zero-order chi connectivity index (χ0) is 14.2. The average Bonchev–Trinajstić information content (AvgIpc) is 2.98. The van der Waals surface area contributed by atoms with Gasteiger partial charge in [-0.1, -0.05) is 37.6 Å². The van der Waals surface area contributed by atoms with E-state index >= 15 is 0 Å². The van der Waals surface area contributed by atoms with Crippen LogP contribution >= 0.6 is 0 Å². The molecule has 1 aromatic rings. The minimum Gasteiger partial charge on any atom is -0.392 e. The molecule has 1 saturated heterocycles. The SMILES string of the molecule is CCCCN(Cc1ccc(CO)cc1)CC1CCCN1. The monoisotopic (exact) mass is 276 g/mol. The molecule has 0 saturated carbocycles. The number of hydrogen-bond acceptors (Lipinski definition) is 3. The summed E-state index contributed by atoms with van der Waals surface area (Å²) < 4.78 is 0. The predicted octanol–water partition coefficient (Wildman–Crippen LogP) is 2.53. The first-order valence-electron chi connectivity index (χ1n) is 7.96. The van der Waals surface area contributed by atoms with Crippen LogP contribution in [0.4, 0.5) is 0 Å². The minimum absolute atomic E-state index is 0.131. The van der Waals surface area contributed by atoms with Gasteiger partial charge in [0.2, 0.25) is 0 Å². The van der Waals surface area contributed by atoms with E-state index in [1.54, 1.807) is 0 Å². The molecular weight excluding hydrogens is 248 g/mol. The van der Waals surface area contributed by atoms with E-state index in [1.807, 2.05) is 12.1 Å². The van der Waals surface area contributed by atoms with Gasteiger partial charge >= 0.3 is 0 Å². The maximum atomic E-state index is 9.10. The van der Waals surface area contributed by atoms with Gasteiger partial charge in [-0.15, -0.1) is 0 Å². The first-order chi connectivity index (χ1) is 9.81. The van der Waals surface area contributed by atoms with Gasteiger partial charge in [0.05, 0.1) is 6.61 Å². The van der Waals surface area contributed by atoms with Crippen molar-refractivity contribution < 1.29 is 5.11 Å². The molecule has 1 aromatic carbocycles. The molecule has 1 heterocycles. The largest absolute Gasteiger partial charge is 0.392 e. The van der Waals surface area contributed by atoms with Gasteiger partial charge in [-0.2, -0.15) is 0 Å². The summed E-state index contributed by atoms with van der Waals surface area (Å²) in [5, 5.41) is 12.7. The Morgan fingerprint density at radius 3 is 2.60 bits per heavy atom. The number of rotatable bonds is 8. The first-order valence-corrected chi connectivity index (χ1v) is 7.96. The molecule has 0 aliphatic carbocycles. The molecule has 1 atom stereocenters. The number of benzene rings is 1. The fourth-order valence-corrected chi connectivity index (χ4v) is 2.85. The van der Waals surface area contributed by atoms with Gasteiger partial charge in [0, 0.05) is 19.1 Å². The molecule has 20 heavy (non-hydrogen) atoms. The summed E-state index contributed by atoms with van der Waals surface area (Å²) in [5.41, 5.74) is 2.34. The fraction of sp³-hybridized carbons (Fsp3) is 0.647. The molecule has 0 aromatic heterocycles. The second-order valence-electron chi connectivity index (χ2n) is 5.86. The van der Waals surface area contributed by atoms with E-state index in [1.165, 1.54) is 44.3 Å². The van der Waals surface area contributed by atoms with Crippen LogP contribution in [-0.2, 0) is 13.2 Å². The van der Waals surface area contributed by atoms with Crippen molar-refractivity contribution in [2.24, 2.45) is 0 Å². The number of unbranched alkanes of at least 4 members (excludes halogenated alkanes) is 1. The maximum absolute atomic E-state index is 9.10. The summed E-state index contributed by atoms with van der Waals surface area (Å²) in [6.45, 7) is 6.91. The lowest BCUT2D eigenvalue weighted by atomic mass is 10.1. The topological polar surface area (TPSA) is 35.5 Å². The Kier molecular flexibility index (Phi) is 6.51. The summed E-state index contributed by atoms with van der Waals surface area (Å²) in [6, 6.07) is 9.02. The third-order valence-electron chi connectivity index (χ3n) is 4.08. The second-order valence-corrected chi connectivity index (χ2v) is 5.86. The standard InChI is InChI=1S/C17H28N2O/c1-2-3-11-19(13-17-5-4-10-18-17)12-15-6-8-16(14-20)9-7-15/h6-9,17-18,20H,2-5,10-14H2,1H3. The lowest BCUT2D eigenvalue weighted by molar-refractivity contribution is 0.237. The lowest BCUT2D eigenvalue weighted by Crippen LogP contribution is -2.37. The second kappa shape index (κ2) is 8.40. The van der Waals surface area contributed by atoms with E-state index in [4.69, 9.17) is 5.11 Å². The van der Waals surface area contributed by atoms with Crippen LogP contribution < -0.4 is 5.32 Å². The van der Waals surface area contributed by atoms with Gasteiger partial charge in [-0.25, -0.2) is 0 Å². The molecule has 2 rings (SSSR count). The van der Waals surface area contributed by atoms with Crippen LogP contribution in [0.15, 0.2) is 24.3 Å². The Labute approximate surface area is 123 Å². The highest BCUT2D eigenvalue weighted by Crippen LogP contribution is 2.12. The molecule has 3 heteroatoms. The van der Waals surface area contributed by atoms with Gasteiger partial charge in [-0.3, -0.25) is 4.90 Å². The zero-order valence-electron chi connectivity index (χ0n) is 12.6. The van der Waals surface area contributed by atoms with Crippen molar-refractivity contribution in [3.63, 3.8) is 0 Å². The Hall–Kier alpha value is -0.900. The third kappa shape index (κ3) is 4.89. The zero-order valence-corrected chi connectivity index (χ0v) is 12.6. The van der Waals surface area contributed by atoms with E-state index in [0.29, 0.717) is 6.04 Å². The molecule has 0 amide bonds. The Morgan fingerprint density at radius 1 is 1.25 bits per heavy atom. The minimum atomic E-state index is 0.131. The normalized spacial score (nSPS) is 18.9. The maximum Gasteiger partial charge on any atom is 0.0681 e. The molecule has 1 aliphatic rings. The van der Waals surface area contributed by atoms with Crippen LogP contribution in [0.3, 0.4) is 0 Å². The van der Waals surface area contributed by atoms with Crippen molar-refractivity contribution in [2.45, 2.75) is 51.8 Å². The lowest BCUT2D eigenvalue weighted by Gasteiger charge is -2.25. The van der Waals surface area contributed by atoms with Gasteiger partial charge in [0.25, 0.3) is 0 Å². The highest BCUT2D eigenvalue weighted by Gasteiger charge is 2.17. The summed E-state index contributed by atoms with van der Waals surface area (Å²) in [6.07, 6.45) is 5.14. The van der Waals surface area contributed by atoms with E-state index < -0.39 is 0 Å². The fourth-order valence-electron chi connectivity index (χ4n) is 2.85. The van der Waals surface area contributed by atoms with Crippen molar-refractivity contribution in [1.82, 2.24) is 10.2 Å².